The van der Waals surface area contributed by atoms with E-state index in [0.29, 0.717) is 11.5 Å². The van der Waals surface area contributed by atoms with E-state index >= 15 is 0 Å². The molecule has 1 N–H and O–H groups in total. The van der Waals surface area contributed by atoms with E-state index in [1.54, 1.807) is 12.1 Å². The normalized spacial score (nSPS) is 12.3. The summed E-state index contributed by atoms with van der Waals surface area (Å²) in [6, 6.07) is 10.0. The number of carbonyl (C=O) groups excluding carboxylic acids is 1. The van der Waals surface area contributed by atoms with Crippen molar-refractivity contribution >= 4 is 29.1 Å². The number of halogens is 1. The molecule has 3 rings (SSSR count). The van der Waals surface area contributed by atoms with Gasteiger partial charge in [0.05, 0.1) is 5.25 Å². The van der Waals surface area contributed by atoms with Crippen molar-refractivity contribution in [3.63, 3.8) is 0 Å². The molecule has 24 heavy (non-hydrogen) atoms. The molecule has 1 atom stereocenters. The van der Waals surface area contributed by atoms with Gasteiger partial charge in [-0.3, -0.25) is 9.20 Å². The Balaban J connectivity index is 2.14. The molecule has 4 nitrogen and oxygen atoms in total. The highest BCUT2D eigenvalue weighted by Crippen LogP contribution is 2.29. The average Bonchev–Trinajstić information content (AvgIpc) is 2.92. The van der Waals surface area contributed by atoms with Crippen molar-refractivity contribution in [2.45, 2.75) is 19.1 Å². The molecule has 0 radical (unpaired) electrons. The van der Waals surface area contributed by atoms with Crippen molar-refractivity contribution in [2.75, 3.05) is 11.6 Å². The van der Waals surface area contributed by atoms with Crippen molar-refractivity contribution in [1.29, 1.82) is 0 Å². The van der Waals surface area contributed by atoms with Crippen LogP contribution in [0.4, 0.5) is 10.2 Å². The lowest BCUT2D eigenvalue weighted by Gasteiger charge is -2.11. The molecule has 0 aliphatic rings. The van der Waals surface area contributed by atoms with Crippen LogP contribution in [0.1, 0.15) is 12.5 Å². The number of nitrogens with one attached hydrogen (secondary N) is 1. The highest BCUT2D eigenvalue weighted by Gasteiger charge is 2.19. The van der Waals surface area contributed by atoms with E-state index in [4.69, 9.17) is 0 Å². The van der Waals surface area contributed by atoms with Gasteiger partial charge in [0.15, 0.2) is 0 Å². The van der Waals surface area contributed by atoms with Crippen molar-refractivity contribution in [3.8, 4) is 11.3 Å². The molecule has 2 heterocycles. The predicted octanol–water partition coefficient (Wildman–Crippen LogP) is 4.14. The first-order valence-electron chi connectivity index (χ1n) is 7.58. The first kappa shape index (κ1) is 16.5. The zero-order valence-corrected chi connectivity index (χ0v) is 14.5. The molecule has 0 saturated heterocycles. The van der Waals surface area contributed by atoms with E-state index < -0.39 is 0 Å². The zero-order chi connectivity index (χ0) is 17.3. The fraction of sp³-hybridized carbons (Fsp3) is 0.222. The molecule has 0 aliphatic heterocycles. The van der Waals surface area contributed by atoms with Crippen LogP contribution in [0.3, 0.4) is 0 Å². The Bertz CT molecular complexity index is 889. The Morgan fingerprint density at radius 3 is 2.67 bits per heavy atom. The van der Waals surface area contributed by atoms with Gasteiger partial charge in [-0.15, -0.1) is 0 Å². The van der Waals surface area contributed by atoms with Crippen LogP contribution in [-0.4, -0.2) is 26.8 Å². The Labute approximate surface area is 144 Å². The third kappa shape index (κ3) is 3.14. The number of aromatic nitrogens is 2. The number of aryl methyl sites for hydroxylation is 1. The molecule has 6 heteroatoms. The number of amides is 1. The average molecular weight is 343 g/mol. The van der Waals surface area contributed by atoms with Crippen LogP contribution >= 0.6 is 11.8 Å². The lowest BCUT2D eigenvalue weighted by Crippen LogP contribution is -2.23. The van der Waals surface area contributed by atoms with Crippen LogP contribution in [0, 0.1) is 12.7 Å². The Hall–Kier alpha value is -2.34. The van der Waals surface area contributed by atoms with Crippen LogP contribution in [-0.2, 0) is 4.79 Å². The number of thioether (sulfide) groups is 1. The Morgan fingerprint density at radius 1 is 1.29 bits per heavy atom. The van der Waals surface area contributed by atoms with Gasteiger partial charge >= 0.3 is 0 Å². The van der Waals surface area contributed by atoms with Crippen LogP contribution < -0.4 is 5.32 Å². The fourth-order valence-corrected chi connectivity index (χ4v) is 2.67. The Kier molecular flexibility index (Phi) is 4.57. The third-order valence-electron chi connectivity index (χ3n) is 3.86. The summed E-state index contributed by atoms with van der Waals surface area (Å²) in [4.78, 5) is 17.0. The minimum Gasteiger partial charge on any atom is -0.309 e. The molecule has 0 fully saturated rings. The van der Waals surface area contributed by atoms with Crippen LogP contribution in [0.2, 0.25) is 0 Å². The summed E-state index contributed by atoms with van der Waals surface area (Å²) in [6.45, 7) is 3.84. The first-order valence-corrected chi connectivity index (χ1v) is 8.86. The summed E-state index contributed by atoms with van der Waals surface area (Å²) in [5.41, 5.74) is 3.20. The van der Waals surface area contributed by atoms with E-state index in [9.17, 15) is 9.18 Å². The van der Waals surface area contributed by atoms with Crippen LogP contribution in [0.15, 0.2) is 42.6 Å². The Morgan fingerprint density at radius 2 is 2.00 bits per heavy atom. The molecular weight excluding hydrogens is 325 g/mol. The van der Waals surface area contributed by atoms with E-state index in [-0.39, 0.29) is 17.0 Å². The number of nitrogens with zero attached hydrogens (tertiary/aromatic N) is 2. The number of pyridine rings is 1. The highest BCUT2D eigenvalue weighted by atomic mass is 32.2. The summed E-state index contributed by atoms with van der Waals surface area (Å²) in [5.74, 6) is 0.204. The summed E-state index contributed by atoms with van der Waals surface area (Å²) < 4.78 is 15.1. The van der Waals surface area contributed by atoms with Crippen molar-refractivity contribution in [2.24, 2.45) is 0 Å². The van der Waals surface area contributed by atoms with Gasteiger partial charge in [0, 0.05) is 11.8 Å². The maximum absolute atomic E-state index is 13.2. The number of benzene rings is 1. The van der Waals surface area contributed by atoms with Gasteiger partial charge in [0.25, 0.3) is 0 Å². The van der Waals surface area contributed by atoms with E-state index in [0.717, 1.165) is 16.8 Å². The second-order valence-electron chi connectivity index (χ2n) is 5.62. The number of imidazole rings is 1. The standard InChI is InChI=1S/C18H18FN3OS/c1-11-8-9-22-15(10-11)20-16(13-4-6-14(19)7-5-13)17(22)21-18(23)12(2)24-3/h4-10,12H,1-3H3,(H,21,23). The monoisotopic (exact) mass is 343 g/mol. The molecule has 3 aromatic rings. The van der Waals surface area contributed by atoms with Gasteiger partial charge in [-0.25, -0.2) is 9.37 Å². The molecule has 2 aromatic heterocycles. The second kappa shape index (κ2) is 6.65. The maximum atomic E-state index is 13.2. The van der Waals surface area contributed by atoms with E-state index in [2.05, 4.69) is 10.3 Å². The highest BCUT2D eigenvalue weighted by molar-refractivity contribution is 7.99. The third-order valence-corrected chi connectivity index (χ3v) is 4.78. The van der Waals surface area contributed by atoms with E-state index in [1.165, 1.54) is 23.9 Å². The molecule has 1 aromatic carbocycles. The summed E-state index contributed by atoms with van der Waals surface area (Å²) in [5, 5.41) is 2.79. The molecule has 0 bridgehead atoms. The predicted molar refractivity (Wildman–Crippen MR) is 96.9 cm³/mol. The van der Waals surface area contributed by atoms with Crippen molar-refractivity contribution in [3.05, 3.63) is 54.0 Å². The fourth-order valence-electron chi connectivity index (χ4n) is 2.40. The molecule has 0 aliphatic carbocycles. The van der Waals surface area contributed by atoms with Crippen molar-refractivity contribution < 1.29 is 9.18 Å². The minimum atomic E-state index is -0.306. The van der Waals surface area contributed by atoms with Gasteiger partial charge in [0.1, 0.15) is 23.0 Å². The number of fused-ring (bicyclic) bond motifs is 1. The van der Waals surface area contributed by atoms with Gasteiger partial charge < -0.3 is 5.32 Å². The van der Waals surface area contributed by atoms with Crippen molar-refractivity contribution in [1.82, 2.24) is 9.38 Å². The number of hydrogen-bond acceptors (Lipinski definition) is 3. The largest absolute Gasteiger partial charge is 0.309 e. The number of hydrogen-bond donors (Lipinski definition) is 1. The zero-order valence-electron chi connectivity index (χ0n) is 13.7. The molecule has 0 saturated carbocycles. The SMILES string of the molecule is CSC(C)C(=O)Nc1c(-c2ccc(F)cc2)nc2cc(C)ccn12. The molecular formula is C18H18FN3OS. The van der Waals surface area contributed by atoms with Gasteiger partial charge in [-0.1, -0.05) is 0 Å². The van der Waals surface area contributed by atoms with Crippen LogP contribution in [0.5, 0.6) is 0 Å². The summed E-state index contributed by atoms with van der Waals surface area (Å²) in [7, 11) is 0. The van der Waals surface area contributed by atoms with E-state index in [1.807, 2.05) is 42.8 Å². The number of carbonyl (C=O) groups is 1. The van der Waals surface area contributed by atoms with Gasteiger partial charge in [-0.2, -0.15) is 11.8 Å². The van der Waals surface area contributed by atoms with Gasteiger partial charge in [0.2, 0.25) is 5.91 Å². The molecule has 1 amide bonds. The lowest BCUT2D eigenvalue weighted by molar-refractivity contribution is -0.115. The lowest BCUT2D eigenvalue weighted by atomic mass is 10.1. The molecule has 0 spiro atoms. The minimum absolute atomic E-state index is 0.0896. The quantitative estimate of drug-likeness (QED) is 0.774. The number of anilines is 1. The maximum Gasteiger partial charge on any atom is 0.238 e. The number of rotatable bonds is 4. The van der Waals surface area contributed by atoms with Crippen LogP contribution in [0.25, 0.3) is 16.9 Å². The first-order chi connectivity index (χ1) is 11.5. The second-order valence-corrected chi connectivity index (χ2v) is 6.79. The smallest absolute Gasteiger partial charge is 0.238 e. The summed E-state index contributed by atoms with van der Waals surface area (Å²) >= 11 is 1.47. The van der Waals surface area contributed by atoms with Gasteiger partial charge in [-0.05, 0) is 62.1 Å². The summed E-state index contributed by atoms with van der Waals surface area (Å²) in [6.07, 6.45) is 3.77. The topological polar surface area (TPSA) is 46.4 Å². The molecule has 124 valence electrons. The molecule has 1 unspecified atom stereocenters.